The van der Waals surface area contributed by atoms with E-state index in [4.69, 9.17) is 9.26 Å². The number of rotatable bonds is 6. The Kier molecular flexibility index (Phi) is 5.15. The second-order valence-corrected chi connectivity index (χ2v) is 7.56. The molecule has 3 aromatic heterocycles. The number of aromatic nitrogens is 5. The monoisotopic (exact) mass is 404 g/mol. The molecule has 1 aliphatic rings. The third kappa shape index (κ3) is 3.78. The Hall–Kier alpha value is -3.26. The van der Waals surface area contributed by atoms with Gasteiger partial charge in [0.2, 0.25) is 11.7 Å². The van der Waals surface area contributed by atoms with Gasteiger partial charge in [-0.15, -0.1) is 0 Å². The van der Waals surface area contributed by atoms with Crippen LogP contribution in [0.2, 0.25) is 0 Å². The average molecular weight is 404 g/mol. The standard InChI is InChI=1S/C22H24N6O2/c1-29-20-8-6-17(14-23-20)22-25-21(26-30-22)16-5-7-19-18(13-16)24-15-28(19)12-11-27-9-3-2-4-10-27/h5-8,13-15H,2-4,9-12H2,1H3. The van der Waals surface area contributed by atoms with Gasteiger partial charge in [-0.05, 0) is 50.2 Å². The summed E-state index contributed by atoms with van der Waals surface area (Å²) in [4.78, 5) is 15.8. The fourth-order valence-electron chi connectivity index (χ4n) is 3.90. The number of pyridine rings is 1. The molecule has 0 aliphatic carbocycles. The number of likely N-dealkylation sites (tertiary alicyclic amines) is 1. The minimum atomic E-state index is 0.423. The first-order valence-corrected chi connectivity index (χ1v) is 10.3. The molecule has 1 saturated heterocycles. The molecule has 5 rings (SSSR count). The quantitative estimate of drug-likeness (QED) is 0.485. The SMILES string of the molecule is COc1ccc(-c2nc(-c3ccc4c(c3)ncn4CCN3CCCCC3)no2)cn1. The van der Waals surface area contributed by atoms with Crippen LogP contribution in [0.3, 0.4) is 0 Å². The number of piperidine rings is 1. The first kappa shape index (κ1) is 18.7. The number of nitrogens with zero attached hydrogens (tertiary/aromatic N) is 6. The van der Waals surface area contributed by atoms with Crippen molar-refractivity contribution in [3.63, 3.8) is 0 Å². The molecule has 8 heteroatoms. The number of hydrogen-bond acceptors (Lipinski definition) is 7. The first-order valence-electron chi connectivity index (χ1n) is 10.3. The normalized spacial score (nSPS) is 15.0. The second-order valence-electron chi connectivity index (χ2n) is 7.56. The number of methoxy groups -OCH3 is 1. The van der Waals surface area contributed by atoms with Crippen LogP contribution in [0.25, 0.3) is 33.9 Å². The molecular weight excluding hydrogens is 380 g/mol. The van der Waals surface area contributed by atoms with E-state index in [-0.39, 0.29) is 0 Å². The van der Waals surface area contributed by atoms with Crippen molar-refractivity contribution in [3.05, 3.63) is 42.9 Å². The number of hydrogen-bond donors (Lipinski definition) is 0. The number of imidazole rings is 1. The number of benzene rings is 1. The van der Waals surface area contributed by atoms with Gasteiger partial charge >= 0.3 is 0 Å². The van der Waals surface area contributed by atoms with E-state index in [9.17, 15) is 0 Å². The maximum atomic E-state index is 5.43. The minimum Gasteiger partial charge on any atom is -0.481 e. The zero-order chi connectivity index (χ0) is 20.3. The lowest BCUT2D eigenvalue weighted by Gasteiger charge is -2.26. The molecule has 0 saturated carbocycles. The van der Waals surface area contributed by atoms with E-state index >= 15 is 0 Å². The van der Waals surface area contributed by atoms with Gasteiger partial charge < -0.3 is 18.7 Å². The van der Waals surface area contributed by atoms with Gasteiger partial charge in [0, 0.05) is 30.9 Å². The van der Waals surface area contributed by atoms with Crippen LogP contribution < -0.4 is 4.74 Å². The molecule has 4 heterocycles. The van der Waals surface area contributed by atoms with Crippen LogP contribution in [0.5, 0.6) is 5.88 Å². The highest BCUT2D eigenvalue weighted by Gasteiger charge is 2.14. The molecule has 1 aromatic carbocycles. The fourth-order valence-corrected chi connectivity index (χ4v) is 3.90. The summed E-state index contributed by atoms with van der Waals surface area (Å²) in [6.45, 7) is 4.44. The molecule has 0 radical (unpaired) electrons. The van der Waals surface area contributed by atoms with Crippen molar-refractivity contribution in [3.8, 4) is 28.7 Å². The van der Waals surface area contributed by atoms with Crippen molar-refractivity contribution in [2.45, 2.75) is 25.8 Å². The highest BCUT2D eigenvalue weighted by molar-refractivity contribution is 5.80. The van der Waals surface area contributed by atoms with Gasteiger partial charge in [0.05, 0.1) is 30.0 Å². The van der Waals surface area contributed by atoms with Gasteiger partial charge in [-0.1, -0.05) is 11.6 Å². The molecule has 0 bridgehead atoms. The summed E-state index contributed by atoms with van der Waals surface area (Å²) in [5.74, 6) is 1.50. The van der Waals surface area contributed by atoms with Crippen molar-refractivity contribution >= 4 is 11.0 Å². The maximum Gasteiger partial charge on any atom is 0.259 e. The van der Waals surface area contributed by atoms with Gasteiger partial charge in [-0.25, -0.2) is 9.97 Å². The van der Waals surface area contributed by atoms with Crippen molar-refractivity contribution < 1.29 is 9.26 Å². The Bertz CT molecular complexity index is 1130. The third-order valence-electron chi connectivity index (χ3n) is 5.60. The Morgan fingerprint density at radius 3 is 2.67 bits per heavy atom. The first-order chi connectivity index (χ1) is 14.8. The van der Waals surface area contributed by atoms with E-state index < -0.39 is 0 Å². The predicted molar refractivity (Wildman–Crippen MR) is 113 cm³/mol. The van der Waals surface area contributed by atoms with Crippen LogP contribution in [-0.2, 0) is 6.54 Å². The zero-order valence-corrected chi connectivity index (χ0v) is 17.0. The minimum absolute atomic E-state index is 0.423. The highest BCUT2D eigenvalue weighted by atomic mass is 16.5. The molecule has 0 N–H and O–H groups in total. The second kappa shape index (κ2) is 8.23. The Morgan fingerprint density at radius 2 is 1.87 bits per heavy atom. The molecule has 0 unspecified atom stereocenters. The number of fused-ring (bicyclic) bond motifs is 1. The fraction of sp³-hybridized carbons (Fsp3) is 0.364. The van der Waals surface area contributed by atoms with Crippen LogP contribution in [0.15, 0.2) is 47.4 Å². The van der Waals surface area contributed by atoms with Crippen molar-refractivity contribution in [2.24, 2.45) is 0 Å². The summed E-state index contributed by atoms with van der Waals surface area (Å²) in [7, 11) is 1.58. The number of ether oxygens (including phenoxy) is 1. The lowest BCUT2D eigenvalue weighted by molar-refractivity contribution is 0.221. The smallest absolute Gasteiger partial charge is 0.259 e. The lowest BCUT2D eigenvalue weighted by atomic mass is 10.1. The summed E-state index contributed by atoms with van der Waals surface area (Å²) < 4.78 is 12.7. The van der Waals surface area contributed by atoms with Crippen molar-refractivity contribution in [1.29, 1.82) is 0 Å². The molecular formula is C22H24N6O2. The van der Waals surface area contributed by atoms with E-state index in [0.717, 1.165) is 35.2 Å². The van der Waals surface area contributed by atoms with E-state index in [1.165, 1.54) is 32.4 Å². The van der Waals surface area contributed by atoms with Crippen molar-refractivity contribution in [2.75, 3.05) is 26.7 Å². The molecule has 0 spiro atoms. The van der Waals surface area contributed by atoms with E-state index in [2.05, 4.69) is 35.6 Å². The van der Waals surface area contributed by atoms with Gasteiger partial charge in [-0.2, -0.15) is 4.98 Å². The summed E-state index contributed by atoms with van der Waals surface area (Å²) in [6, 6.07) is 9.72. The van der Waals surface area contributed by atoms with Crippen LogP contribution in [0.1, 0.15) is 19.3 Å². The van der Waals surface area contributed by atoms with E-state index in [1.807, 2.05) is 24.5 Å². The van der Waals surface area contributed by atoms with Crippen LogP contribution in [-0.4, -0.2) is 56.3 Å². The Morgan fingerprint density at radius 1 is 1.00 bits per heavy atom. The zero-order valence-electron chi connectivity index (χ0n) is 17.0. The molecule has 154 valence electrons. The van der Waals surface area contributed by atoms with Crippen LogP contribution in [0, 0.1) is 0 Å². The summed E-state index contributed by atoms with van der Waals surface area (Å²) in [6.07, 6.45) is 7.56. The van der Waals surface area contributed by atoms with Gasteiger partial charge in [-0.3, -0.25) is 0 Å². The predicted octanol–water partition coefficient (Wildman–Crippen LogP) is 3.64. The van der Waals surface area contributed by atoms with Crippen molar-refractivity contribution in [1.82, 2.24) is 29.6 Å². The molecule has 8 nitrogen and oxygen atoms in total. The maximum absolute atomic E-state index is 5.43. The van der Waals surface area contributed by atoms with Gasteiger partial charge in [0.1, 0.15) is 0 Å². The topological polar surface area (TPSA) is 82.1 Å². The van der Waals surface area contributed by atoms with E-state index in [1.54, 1.807) is 19.4 Å². The summed E-state index contributed by atoms with van der Waals surface area (Å²) in [5.41, 5.74) is 3.68. The summed E-state index contributed by atoms with van der Waals surface area (Å²) in [5, 5.41) is 4.13. The van der Waals surface area contributed by atoms with Crippen LogP contribution in [0.4, 0.5) is 0 Å². The average Bonchev–Trinajstić information content (AvgIpc) is 3.45. The molecule has 4 aromatic rings. The third-order valence-corrected chi connectivity index (χ3v) is 5.60. The van der Waals surface area contributed by atoms with Gasteiger partial charge in [0.25, 0.3) is 5.89 Å². The lowest BCUT2D eigenvalue weighted by Crippen LogP contribution is -2.32. The molecule has 0 atom stereocenters. The molecule has 0 amide bonds. The Labute approximate surface area is 174 Å². The van der Waals surface area contributed by atoms with E-state index in [0.29, 0.717) is 17.6 Å². The molecule has 30 heavy (non-hydrogen) atoms. The van der Waals surface area contributed by atoms with Gasteiger partial charge in [0.15, 0.2) is 0 Å². The highest BCUT2D eigenvalue weighted by Crippen LogP contribution is 2.25. The summed E-state index contributed by atoms with van der Waals surface area (Å²) >= 11 is 0. The largest absolute Gasteiger partial charge is 0.481 e. The molecule has 1 aliphatic heterocycles. The van der Waals surface area contributed by atoms with Crippen LogP contribution >= 0.6 is 0 Å². The molecule has 1 fully saturated rings. The Balaban J connectivity index is 1.33.